The maximum atomic E-state index is 11.8. The van der Waals surface area contributed by atoms with Gasteiger partial charge in [0.15, 0.2) is 0 Å². The zero-order valence-electron chi connectivity index (χ0n) is 17.0. The molecule has 2 aromatic rings. The molecule has 1 fully saturated rings. The van der Waals surface area contributed by atoms with Crippen LogP contribution in [0.2, 0.25) is 0 Å². The van der Waals surface area contributed by atoms with Crippen LogP contribution >= 0.6 is 0 Å². The highest BCUT2D eigenvalue weighted by atomic mass is 32.2. The van der Waals surface area contributed by atoms with Gasteiger partial charge in [-0.05, 0) is 50.6 Å². The van der Waals surface area contributed by atoms with Crippen molar-refractivity contribution in [1.29, 1.82) is 0 Å². The van der Waals surface area contributed by atoms with Gasteiger partial charge in [-0.1, -0.05) is 29.8 Å². The highest BCUT2D eigenvalue weighted by molar-refractivity contribution is 7.85. The molecule has 0 aliphatic carbocycles. The zero-order chi connectivity index (χ0) is 21.7. The molecular weight excluding hydrogens is 394 g/mol. The molecule has 0 aromatic heterocycles. The third-order valence-electron chi connectivity index (χ3n) is 4.62. The second-order valence-electron chi connectivity index (χ2n) is 7.33. The summed E-state index contributed by atoms with van der Waals surface area (Å²) in [5.41, 5.74) is 1.20. The number of methoxy groups -OCH3 is 1. The lowest BCUT2D eigenvalue weighted by Crippen LogP contribution is -2.50. The van der Waals surface area contributed by atoms with Crippen molar-refractivity contribution in [1.82, 2.24) is 5.32 Å². The molecule has 2 N–H and O–H groups in total. The summed E-state index contributed by atoms with van der Waals surface area (Å²) in [4.78, 5) is 11.7. The predicted octanol–water partition coefficient (Wildman–Crippen LogP) is 2.73. The minimum Gasteiger partial charge on any atom is -0.488 e. The van der Waals surface area contributed by atoms with Crippen LogP contribution in [0.4, 0.5) is 0 Å². The number of nitrogens with one attached hydrogen (secondary N) is 1. The molecule has 1 aliphatic rings. The average molecular weight is 422 g/mol. The van der Waals surface area contributed by atoms with E-state index in [0.717, 1.165) is 30.0 Å². The van der Waals surface area contributed by atoms with Gasteiger partial charge in [-0.2, -0.15) is 8.42 Å². The first-order valence-electron chi connectivity index (χ1n) is 9.14. The van der Waals surface area contributed by atoms with E-state index < -0.39 is 15.5 Å². The number of rotatable bonds is 5. The van der Waals surface area contributed by atoms with Gasteiger partial charge in [0.25, 0.3) is 10.1 Å². The molecule has 2 aromatic carbocycles. The van der Waals surface area contributed by atoms with Gasteiger partial charge in [-0.3, -0.25) is 9.35 Å². The SMILES string of the molecule is COC(=O)C(C)(C)c1cccc(OC2CNC2)c1.Cc1ccc(S(=O)(=O)O)cc1. The number of benzene rings is 2. The van der Waals surface area contributed by atoms with Crippen molar-refractivity contribution in [3.8, 4) is 5.75 Å². The zero-order valence-corrected chi connectivity index (χ0v) is 17.8. The number of carbonyl (C=O) groups is 1. The average Bonchev–Trinajstić information content (AvgIpc) is 2.64. The number of hydrogen-bond donors (Lipinski definition) is 2. The van der Waals surface area contributed by atoms with Crippen LogP contribution in [0.25, 0.3) is 0 Å². The fourth-order valence-corrected chi connectivity index (χ4v) is 3.06. The van der Waals surface area contributed by atoms with E-state index >= 15 is 0 Å². The minimum atomic E-state index is -4.02. The Hall–Kier alpha value is -2.42. The van der Waals surface area contributed by atoms with Crippen LogP contribution in [0.3, 0.4) is 0 Å². The lowest BCUT2D eigenvalue weighted by molar-refractivity contribution is -0.146. The molecule has 0 atom stereocenters. The van der Waals surface area contributed by atoms with Crippen LogP contribution in [0.5, 0.6) is 5.75 Å². The van der Waals surface area contributed by atoms with Gasteiger partial charge in [0, 0.05) is 13.1 Å². The van der Waals surface area contributed by atoms with Crippen LogP contribution in [-0.2, 0) is 25.1 Å². The van der Waals surface area contributed by atoms with E-state index in [1.807, 2.05) is 45.0 Å². The molecule has 0 radical (unpaired) electrons. The first-order valence-corrected chi connectivity index (χ1v) is 10.6. The Morgan fingerprint density at radius 2 is 1.76 bits per heavy atom. The third-order valence-corrected chi connectivity index (χ3v) is 5.48. The normalized spacial score (nSPS) is 14.2. The molecule has 158 valence electrons. The van der Waals surface area contributed by atoms with Crippen molar-refractivity contribution in [2.24, 2.45) is 0 Å². The minimum absolute atomic E-state index is 0.0666. The van der Waals surface area contributed by atoms with Crippen LogP contribution in [-0.4, -0.2) is 45.2 Å². The first-order chi connectivity index (χ1) is 13.5. The molecule has 29 heavy (non-hydrogen) atoms. The Bertz CT molecular complexity index is 934. The lowest BCUT2D eigenvalue weighted by Gasteiger charge is -2.29. The van der Waals surface area contributed by atoms with E-state index in [1.165, 1.54) is 19.2 Å². The van der Waals surface area contributed by atoms with E-state index in [9.17, 15) is 13.2 Å². The summed E-state index contributed by atoms with van der Waals surface area (Å²) >= 11 is 0. The van der Waals surface area contributed by atoms with Gasteiger partial charge in [0.1, 0.15) is 11.9 Å². The quantitative estimate of drug-likeness (QED) is 0.565. The van der Waals surface area contributed by atoms with Crippen molar-refractivity contribution in [3.05, 3.63) is 59.7 Å². The van der Waals surface area contributed by atoms with E-state index in [1.54, 1.807) is 12.1 Å². The molecule has 0 saturated carbocycles. The van der Waals surface area contributed by atoms with Gasteiger partial charge in [-0.15, -0.1) is 0 Å². The molecule has 0 spiro atoms. The second-order valence-corrected chi connectivity index (χ2v) is 8.75. The van der Waals surface area contributed by atoms with Gasteiger partial charge in [-0.25, -0.2) is 0 Å². The van der Waals surface area contributed by atoms with Crippen molar-refractivity contribution in [3.63, 3.8) is 0 Å². The van der Waals surface area contributed by atoms with E-state index in [4.69, 9.17) is 14.0 Å². The summed E-state index contributed by atoms with van der Waals surface area (Å²) in [5.74, 6) is 0.556. The number of ether oxygens (including phenoxy) is 2. The molecule has 7 nitrogen and oxygen atoms in total. The van der Waals surface area contributed by atoms with Crippen LogP contribution < -0.4 is 10.1 Å². The van der Waals surface area contributed by atoms with Gasteiger partial charge < -0.3 is 14.8 Å². The molecule has 3 rings (SSSR count). The summed E-state index contributed by atoms with van der Waals surface area (Å²) < 4.78 is 40.2. The van der Waals surface area contributed by atoms with Crippen molar-refractivity contribution >= 4 is 16.1 Å². The fraction of sp³-hybridized carbons (Fsp3) is 0.381. The van der Waals surface area contributed by atoms with E-state index in [-0.39, 0.29) is 17.0 Å². The summed E-state index contributed by atoms with van der Waals surface area (Å²) in [7, 11) is -2.61. The van der Waals surface area contributed by atoms with Gasteiger partial charge >= 0.3 is 5.97 Å². The van der Waals surface area contributed by atoms with E-state index in [0.29, 0.717) is 0 Å². The monoisotopic (exact) mass is 421 g/mol. The third kappa shape index (κ3) is 6.28. The van der Waals surface area contributed by atoms with Crippen molar-refractivity contribution < 1.29 is 27.2 Å². The molecule has 0 amide bonds. The first kappa shape index (κ1) is 22.9. The molecule has 1 aliphatic heterocycles. The highest BCUT2D eigenvalue weighted by Gasteiger charge is 2.31. The lowest BCUT2D eigenvalue weighted by atomic mass is 9.85. The highest BCUT2D eigenvalue weighted by Crippen LogP contribution is 2.28. The summed E-state index contributed by atoms with van der Waals surface area (Å²) in [6.45, 7) is 7.30. The Balaban J connectivity index is 0.000000234. The Morgan fingerprint density at radius 3 is 2.24 bits per heavy atom. The Kier molecular flexibility index (Phi) is 7.40. The molecule has 1 heterocycles. The summed E-state index contributed by atoms with van der Waals surface area (Å²) in [6, 6.07) is 13.6. The summed E-state index contributed by atoms with van der Waals surface area (Å²) in [5, 5.41) is 3.15. The van der Waals surface area contributed by atoms with Gasteiger partial charge in [0.2, 0.25) is 0 Å². The van der Waals surface area contributed by atoms with Crippen molar-refractivity contribution in [2.75, 3.05) is 20.2 Å². The number of aryl methyl sites for hydroxylation is 1. The maximum Gasteiger partial charge on any atom is 0.315 e. The largest absolute Gasteiger partial charge is 0.488 e. The van der Waals surface area contributed by atoms with E-state index in [2.05, 4.69) is 5.32 Å². The maximum absolute atomic E-state index is 11.8. The standard InChI is InChI=1S/C14H19NO3.C7H8O3S/c1-14(2,13(16)17-3)10-5-4-6-11(7-10)18-12-8-15-9-12;1-6-2-4-7(5-3-6)11(8,9)10/h4-7,12,15H,8-9H2,1-3H3;2-5H,1H3,(H,8,9,10). The fourth-order valence-electron chi connectivity index (χ4n) is 2.58. The van der Waals surface area contributed by atoms with Crippen LogP contribution in [0.15, 0.2) is 53.4 Å². The van der Waals surface area contributed by atoms with Crippen LogP contribution in [0, 0.1) is 6.92 Å². The smallest absolute Gasteiger partial charge is 0.315 e. The van der Waals surface area contributed by atoms with Crippen molar-refractivity contribution in [2.45, 2.75) is 37.2 Å². The van der Waals surface area contributed by atoms with Gasteiger partial charge in [0.05, 0.1) is 17.4 Å². The van der Waals surface area contributed by atoms with Crippen LogP contribution in [0.1, 0.15) is 25.0 Å². The number of esters is 1. The number of carbonyl (C=O) groups excluding carboxylic acids is 1. The Labute approximate surface area is 171 Å². The number of hydrogen-bond acceptors (Lipinski definition) is 6. The second kappa shape index (κ2) is 9.39. The molecule has 0 bridgehead atoms. The topological polar surface area (TPSA) is 102 Å². The predicted molar refractivity (Wildman–Crippen MR) is 110 cm³/mol. The molecule has 0 unspecified atom stereocenters. The molecule has 1 saturated heterocycles. The molecule has 8 heteroatoms. The Morgan fingerprint density at radius 1 is 1.14 bits per heavy atom. The summed E-state index contributed by atoms with van der Waals surface area (Å²) in [6.07, 6.45) is 0.237. The molecular formula is C21H27NO6S.